The van der Waals surface area contributed by atoms with Gasteiger partial charge < -0.3 is 0 Å². The van der Waals surface area contributed by atoms with E-state index in [0.29, 0.717) is 5.56 Å². The van der Waals surface area contributed by atoms with Crippen molar-refractivity contribution in [1.82, 2.24) is 0 Å². The Kier molecular flexibility index (Phi) is 3.13. The first-order chi connectivity index (χ1) is 9.57. The molecule has 0 fully saturated rings. The van der Waals surface area contributed by atoms with E-state index >= 15 is 0 Å². The van der Waals surface area contributed by atoms with Crippen LogP contribution in [0.2, 0.25) is 0 Å². The van der Waals surface area contributed by atoms with E-state index in [2.05, 4.69) is 0 Å². The molecule has 1 aliphatic carbocycles. The average molecular weight is 274 g/mol. The van der Waals surface area contributed by atoms with Gasteiger partial charge in [-0.25, -0.2) is 0 Å². The van der Waals surface area contributed by atoms with Gasteiger partial charge in [0.15, 0.2) is 0 Å². The second kappa shape index (κ2) is 4.82. The molecule has 0 heterocycles. The van der Waals surface area contributed by atoms with E-state index < -0.39 is 18.0 Å². The molecule has 0 spiro atoms. The van der Waals surface area contributed by atoms with Crippen LogP contribution in [0.5, 0.6) is 0 Å². The molecule has 2 atom stereocenters. The van der Waals surface area contributed by atoms with Crippen LogP contribution in [0.3, 0.4) is 0 Å². The van der Waals surface area contributed by atoms with Crippen molar-refractivity contribution in [2.45, 2.75) is 18.0 Å². The Bertz CT molecular complexity index is 626. The van der Waals surface area contributed by atoms with E-state index in [4.69, 9.17) is 0 Å². The Morgan fingerprint density at radius 3 is 2.20 bits per heavy atom. The molecule has 2 aromatic carbocycles. The average Bonchev–Trinajstić information content (AvgIpc) is 2.83. The number of hydrogen-bond donors (Lipinski definition) is 0. The first-order valence-electron chi connectivity index (χ1n) is 6.46. The number of fused-ring (bicyclic) bond motifs is 1. The van der Waals surface area contributed by atoms with Gasteiger partial charge in [-0.3, -0.25) is 0 Å². The van der Waals surface area contributed by atoms with Gasteiger partial charge in [0.05, 0.1) is 5.92 Å². The van der Waals surface area contributed by atoms with Crippen LogP contribution in [0.1, 0.15) is 28.5 Å². The zero-order chi connectivity index (χ0) is 14.2. The molecule has 0 amide bonds. The van der Waals surface area contributed by atoms with Crippen molar-refractivity contribution in [3.05, 3.63) is 77.4 Å². The zero-order valence-corrected chi connectivity index (χ0v) is 10.6. The predicted molar refractivity (Wildman–Crippen MR) is 73.5 cm³/mol. The van der Waals surface area contributed by atoms with Crippen molar-refractivity contribution < 1.29 is 13.2 Å². The molecule has 0 aliphatic heterocycles. The molecule has 0 N–H and O–H groups in total. The van der Waals surface area contributed by atoms with Crippen LogP contribution in [0.15, 0.2) is 60.7 Å². The number of alkyl halides is 3. The third kappa shape index (κ3) is 2.24. The molecule has 0 nitrogen and oxygen atoms in total. The lowest BCUT2D eigenvalue weighted by molar-refractivity contribution is -0.153. The van der Waals surface area contributed by atoms with Crippen LogP contribution in [-0.2, 0) is 0 Å². The normalized spacial score (nSPS) is 18.9. The highest BCUT2D eigenvalue weighted by molar-refractivity contribution is 5.63. The molecular weight excluding hydrogens is 261 g/mol. The van der Waals surface area contributed by atoms with Gasteiger partial charge in [-0.05, 0) is 16.7 Å². The third-order valence-corrected chi connectivity index (χ3v) is 3.71. The van der Waals surface area contributed by atoms with Crippen LogP contribution >= 0.6 is 0 Å². The summed E-state index contributed by atoms with van der Waals surface area (Å²) >= 11 is 0. The fourth-order valence-corrected chi connectivity index (χ4v) is 2.83. The van der Waals surface area contributed by atoms with Crippen LogP contribution in [0.4, 0.5) is 13.2 Å². The summed E-state index contributed by atoms with van der Waals surface area (Å²) in [5, 5.41) is 0. The number of allylic oxidation sites excluding steroid dienone is 1. The van der Waals surface area contributed by atoms with Gasteiger partial charge in [-0.1, -0.05) is 66.7 Å². The first-order valence-corrected chi connectivity index (χ1v) is 6.46. The molecule has 3 heteroatoms. The number of benzene rings is 2. The summed E-state index contributed by atoms with van der Waals surface area (Å²) in [4.78, 5) is 0. The van der Waals surface area contributed by atoms with Crippen molar-refractivity contribution in [3.63, 3.8) is 0 Å². The standard InChI is InChI=1S/C17H13F3/c18-17(19,20)16(13-7-2-1-3-8-13)15-11-10-12-6-4-5-9-14(12)15/h1-11,15-16H. The molecule has 3 rings (SSSR count). The molecule has 20 heavy (non-hydrogen) atoms. The Morgan fingerprint density at radius 2 is 1.50 bits per heavy atom. The Balaban J connectivity index is 2.07. The van der Waals surface area contributed by atoms with Gasteiger partial charge in [-0.15, -0.1) is 0 Å². The Morgan fingerprint density at radius 1 is 0.850 bits per heavy atom. The van der Waals surface area contributed by atoms with E-state index in [0.717, 1.165) is 11.1 Å². The van der Waals surface area contributed by atoms with Gasteiger partial charge in [-0.2, -0.15) is 13.2 Å². The largest absolute Gasteiger partial charge is 0.396 e. The number of rotatable bonds is 2. The maximum absolute atomic E-state index is 13.5. The van der Waals surface area contributed by atoms with Crippen molar-refractivity contribution in [2.75, 3.05) is 0 Å². The molecule has 2 aromatic rings. The molecule has 0 bridgehead atoms. The fraction of sp³-hybridized carbons (Fsp3) is 0.176. The molecular formula is C17H13F3. The van der Waals surface area contributed by atoms with Crippen molar-refractivity contribution >= 4 is 6.08 Å². The highest BCUT2D eigenvalue weighted by atomic mass is 19.4. The van der Waals surface area contributed by atoms with Crippen molar-refractivity contribution in [2.24, 2.45) is 0 Å². The number of hydrogen-bond acceptors (Lipinski definition) is 0. The molecule has 102 valence electrons. The van der Waals surface area contributed by atoms with Crippen LogP contribution in [0, 0.1) is 0 Å². The summed E-state index contributed by atoms with van der Waals surface area (Å²) in [5.74, 6) is -2.14. The molecule has 0 saturated carbocycles. The highest BCUT2D eigenvalue weighted by Crippen LogP contribution is 2.48. The van der Waals surface area contributed by atoms with E-state index in [1.54, 1.807) is 54.6 Å². The minimum atomic E-state index is -4.27. The topological polar surface area (TPSA) is 0 Å². The maximum atomic E-state index is 13.5. The lowest BCUT2D eigenvalue weighted by atomic mass is 9.82. The quantitative estimate of drug-likeness (QED) is 0.711. The van der Waals surface area contributed by atoms with Gasteiger partial charge in [0.2, 0.25) is 0 Å². The summed E-state index contributed by atoms with van der Waals surface area (Å²) in [6.45, 7) is 0. The van der Waals surface area contributed by atoms with Gasteiger partial charge >= 0.3 is 6.18 Å². The lowest BCUT2D eigenvalue weighted by Gasteiger charge is -2.26. The van der Waals surface area contributed by atoms with E-state index in [-0.39, 0.29) is 0 Å². The SMILES string of the molecule is FC(F)(F)C(c1ccccc1)C1C=Cc2ccccc21. The molecule has 0 saturated heterocycles. The monoisotopic (exact) mass is 274 g/mol. The summed E-state index contributed by atoms with van der Waals surface area (Å²) < 4.78 is 40.6. The Hall–Kier alpha value is -2.03. The number of halogens is 3. The summed E-state index contributed by atoms with van der Waals surface area (Å²) in [7, 11) is 0. The maximum Gasteiger partial charge on any atom is 0.396 e. The van der Waals surface area contributed by atoms with Gasteiger partial charge in [0.25, 0.3) is 0 Å². The summed E-state index contributed by atoms with van der Waals surface area (Å²) in [5.41, 5.74) is 1.94. The van der Waals surface area contributed by atoms with Gasteiger partial charge in [0, 0.05) is 5.92 Å². The Labute approximate surface area is 115 Å². The fourth-order valence-electron chi connectivity index (χ4n) is 2.83. The second-order valence-electron chi connectivity index (χ2n) is 4.94. The lowest BCUT2D eigenvalue weighted by Crippen LogP contribution is -2.25. The van der Waals surface area contributed by atoms with E-state index in [1.807, 2.05) is 12.1 Å². The highest BCUT2D eigenvalue weighted by Gasteiger charge is 2.46. The summed E-state index contributed by atoms with van der Waals surface area (Å²) in [6.07, 6.45) is -0.828. The van der Waals surface area contributed by atoms with Crippen molar-refractivity contribution in [1.29, 1.82) is 0 Å². The molecule has 1 aliphatic rings. The van der Waals surface area contributed by atoms with Crippen LogP contribution < -0.4 is 0 Å². The predicted octanol–water partition coefficient (Wildman–Crippen LogP) is 5.14. The van der Waals surface area contributed by atoms with Crippen LogP contribution in [-0.4, -0.2) is 6.18 Å². The minimum Gasteiger partial charge on any atom is -0.170 e. The third-order valence-electron chi connectivity index (χ3n) is 3.71. The zero-order valence-electron chi connectivity index (χ0n) is 10.6. The van der Waals surface area contributed by atoms with Crippen LogP contribution in [0.25, 0.3) is 6.08 Å². The summed E-state index contributed by atoms with van der Waals surface area (Å²) in [6, 6.07) is 15.4. The van der Waals surface area contributed by atoms with Gasteiger partial charge in [0.1, 0.15) is 0 Å². The smallest absolute Gasteiger partial charge is 0.170 e. The van der Waals surface area contributed by atoms with E-state index in [1.165, 1.54) is 0 Å². The van der Waals surface area contributed by atoms with Crippen molar-refractivity contribution in [3.8, 4) is 0 Å². The second-order valence-corrected chi connectivity index (χ2v) is 4.94. The molecule has 0 aromatic heterocycles. The van der Waals surface area contributed by atoms with E-state index in [9.17, 15) is 13.2 Å². The minimum absolute atomic E-state index is 0.311. The molecule has 2 unspecified atom stereocenters. The first kappa shape index (κ1) is 13.0. The molecule has 0 radical (unpaired) electrons.